The third-order valence-corrected chi connectivity index (χ3v) is 3.57. The lowest BCUT2D eigenvalue weighted by Gasteiger charge is -2.16. The van der Waals surface area contributed by atoms with E-state index in [2.05, 4.69) is 25.6 Å². The van der Waals surface area contributed by atoms with Crippen LogP contribution >= 0.6 is 0 Å². The first kappa shape index (κ1) is 14.3. The van der Waals surface area contributed by atoms with E-state index in [9.17, 15) is 4.79 Å². The first-order valence-corrected chi connectivity index (χ1v) is 7.05. The van der Waals surface area contributed by atoms with Gasteiger partial charge in [-0.3, -0.25) is 4.79 Å². The Labute approximate surface area is 127 Å². The SMILES string of the molecule is CNc1ncc(-c2nc3c(n2C(C)C)CNC3=O)c(OC)n1. The predicted octanol–water partition coefficient (Wildman–Crippen LogP) is 1.21. The van der Waals surface area contributed by atoms with Crippen LogP contribution in [0.5, 0.6) is 5.88 Å². The molecule has 8 nitrogen and oxygen atoms in total. The Morgan fingerprint density at radius 3 is 2.82 bits per heavy atom. The van der Waals surface area contributed by atoms with Crippen LogP contribution in [0.3, 0.4) is 0 Å². The molecule has 3 rings (SSSR count). The Morgan fingerprint density at radius 1 is 1.41 bits per heavy atom. The lowest BCUT2D eigenvalue weighted by atomic mass is 10.2. The molecule has 0 unspecified atom stereocenters. The van der Waals surface area contributed by atoms with E-state index in [1.807, 2.05) is 18.4 Å². The van der Waals surface area contributed by atoms with Crippen molar-refractivity contribution in [2.24, 2.45) is 0 Å². The third kappa shape index (κ3) is 2.07. The Balaban J connectivity index is 2.21. The van der Waals surface area contributed by atoms with Crippen molar-refractivity contribution < 1.29 is 9.53 Å². The summed E-state index contributed by atoms with van der Waals surface area (Å²) in [4.78, 5) is 24.9. The second kappa shape index (κ2) is 5.28. The lowest BCUT2D eigenvalue weighted by molar-refractivity contribution is 0.0961. The Bertz CT molecular complexity index is 737. The molecule has 1 aliphatic rings. The van der Waals surface area contributed by atoms with E-state index >= 15 is 0 Å². The molecule has 0 aliphatic carbocycles. The number of carbonyl (C=O) groups is 1. The van der Waals surface area contributed by atoms with Crippen LogP contribution in [-0.2, 0) is 6.54 Å². The molecule has 8 heteroatoms. The van der Waals surface area contributed by atoms with Gasteiger partial charge in [-0.15, -0.1) is 0 Å². The van der Waals surface area contributed by atoms with Crippen molar-refractivity contribution in [3.63, 3.8) is 0 Å². The molecule has 0 bridgehead atoms. The summed E-state index contributed by atoms with van der Waals surface area (Å²) in [5.74, 6) is 1.38. The molecule has 0 atom stereocenters. The molecular formula is C14H18N6O2. The van der Waals surface area contributed by atoms with Crippen LogP contribution in [0.1, 0.15) is 36.1 Å². The second-order valence-corrected chi connectivity index (χ2v) is 5.24. The molecular weight excluding hydrogens is 284 g/mol. The van der Waals surface area contributed by atoms with Gasteiger partial charge in [0.15, 0.2) is 5.69 Å². The molecule has 22 heavy (non-hydrogen) atoms. The first-order chi connectivity index (χ1) is 10.6. The van der Waals surface area contributed by atoms with Crippen molar-refractivity contribution in [3.8, 4) is 17.3 Å². The highest BCUT2D eigenvalue weighted by Gasteiger charge is 2.30. The zero-order valence-corrected chi connectivity index (χ0v) is 13.0. The number of methoxy groups -OCH3 is 1. The first-order valence-electron chi connectivity index (χ1n) is 7.05. The largest absolute Gasteiger partial charge is 0.480 e. The van der Waals surface area contributed by atoms with Gasteiger partial charge < -0.3 is 19.9 Å². The Morgan fingerprint density at radius 2 is 2.18 bits per heavy atom. The third-order valence-electron chi connectivity index (χ3n) is 3.57. The number of nitrogens with one attached hydrogen (secondary N) is 2. The summed E-state index contributed by atoms with van der Waals surface area (Å²) in [6.07, 6.45) is 1.66. The van der Waals surface area contributed by atoms with E-state index in [-0.39, 0.29) is 11.9 Å². The molecule has 0 aromatic carbocycles. The van der Waals surface area contributed by atoms with Crippen molar-refractivity contribution in [2.75, 3.05) is 19.5 Å². The molecule has 0 saturated carbocycles. The van der Waals surface area contributed by atoms with E-state index in [0.29, 0.717) is 35.5 Å². The monoisotopic (exact) mass is 302 g/mol. The van der Waals surface area contributed by atoms with Gasteiger partial charge in [-0.2, -0.15) is 4.98 Å². The standard InChI is InChI=1S/C14H18N6O2/c1-7(2)20-9-6-16-12(21)10(9)18-11(20)8-5-17-14(15-3)19-13(8)22-4/h5,7H,6H2,1-4H3,(H,16,21)(H,15,17,19). The van der Waals surface area contributed by atoms with Crippen LogP contribution in [0.15, 0.2) is 6.20 Å². The number of ether oxygens (including phenoxy) is 1. The van der Waals surface area contributed by atoms with Crippen LogP contribution < -0.4 is 15.4 Å². The number of aromatic nitrogens is 4. The Hall–Kier alpha value is -2.64. The fourth-order valence-corrected chi connectivity index (χ4v) is 2.61. The van der Waals surface area contributed by atoms with Gasteiger partial charge in [-0.05, 0) is 13.8 Å². The summed E-state index contributed by atoms with van der Waals surface area (Å²) in [6.45, 7) is 4.57. The zero-order chi connectivity index (χ0) is 15.9. The highest BCUT2D eigenvalue weighted by molar-refractivity contribution is 5.97. The number of fused-ring (bicyclic) bond motifs is 1. The molecule has 0 saturated heterocycles. The van der Waals surface area contributed by atoms with Gasteiger partial charge >= 0.3 is 0 Å². The highest BCUT2D eigenvalue weighted by atomic mass is 16.5. The maximum absolute atomic E-state index is 11.9. The quantitative estimate of drug-likeness (QED) is 0.882. The molecule has 0 radical (unpaired) electrons. The molecule has 2 aromatic rings. The summed E-state index contributed by atoms with van der Waals surface area (Å²) >= 11 is 0. The van der Waals surface area contributed by atoms with Crippen molar-refractivity contribution in [1.29, 1.82) is 0 Å². The highest BCUT2D eigenvalue weighted by Crippen LogP contribution is 2.33. The van der Waals surface area contributed by atoms with Gasteiger partial charge in [-0.1, -0.05) is 0 Å². The van der Waals surface area contributed by atoms with Gasteiger partial charge in [0.05, 0.1) is 24.9 Å². The van der Waals surface area contributed by atoms with E-state index < -0.39 is 0 Å². The minimum absolute atomic E-state index is 0.146. The predicted molar refractivity (Wildman–Crippen MR) is 80.9 cm³/mol. The van der Waals surface area contributed by atoms with Crippen LogP contribution in [0.4, 0.5) is 5.95 Å². The summed E-state index contributed by atoms with van der Waals surface area (Å²) in [7, 11) is 3.29. The minimum atomic E-state index is -0.151. The summed E-state index contributed by atoms with van der Waals surface area (Å²) in [5, 5.41) is 5.66. The average molecular weight is 302 g/mol. The molecule has 2 N–H and O–H groups in total. The molecule has 116 valence electrons. The number of carbonyl (C=O) groups excluding carboxylic acids is 1. The van der Waals surface area contributed by atoms with E-state index in [0.717, 1.165) is 5.69 Å². The zero-order valence-electron chi connectivity index (χ0n) is 13.0. The average Bonchev–Trinajstić information content (AvgIpc) is 3.06. The molecule has 1 aliphatic heterocycles. The van der Waals surface area contributed by atoms with Crippen molar-refractivity contribution in [3.05, 3.63) is 17.6 Å². The maximum Gasteiger partial charge on any atom is 0.272 e. The maximum atomic E-state index is 11.9. The molecule has 0 spiro atoms. The normalized spacial score (nSPS) is 13.2. The number of rotatable bonds is 4. The Kier molecular flexibility index (Phi) is 3.44. The van der Waals surface area contributed by atoms with Crippen molar-refractivity contribution in [2.45, 2.75) is 26.4 Å². The molecule has 2 aromatic heterocycles. The van der Waals surface area contributed by atoms with Gasteiger partial charge in [0.25, 0.3) is 5.91 Å². The van der Waals surface area contributed by atoms with Gasteiger partial charge in [-0.25, -0.2) is 9.97 Å². The van der Waals surface area contributed by atoms with Crippen LogP contribution in [0.25, 0.3) is 11.4 Å². The topological polar surface area (TPSA) is 94.0 Å². The van der Waals surface area contributed by atoms with Crippen molar-refractivity contribution in [1.82, 2.24) is 24.8 Å². The second-order valence-electron chi connectivity index (χ2n) is 5.24. The smallest absolute Gasteiger partial charge is 0.272 e. The van der Waals surface area contributed by atoms with Gasteiger partial charge in [0, 0.05) is 19.3 Å². The van der Waals surface area contributed by atoms with E-state index in [1.165, 1.54) is 0 Å². The summed E-state index contributed by atoms with van der Waals surface area (Å²) < 4.78 is 7.38. The number of amides is 1. The van der Waals surface area contributed by atoms with E-state index in [1.54, 1.807) is 20.4 Å². The number of hydrogen-bond acceptors (Lipinski definition) is 6. The van der Waals surface area contributed by atoms with Crippen molar-refractivity contribution >= 4 is 11.9 Å². The fourth-order valence-electron chi connectivity index (χ4n) is 2.61. The van der Waals surface area contributed by atoms with Gasteiger partial charge in [0.1, 0.15) is 5.82 Å². The number of nitrogens with zero attached hydrogens (tertiary/aromatic N) is 4. The number of anilines is 1. The number of hydrogen-bond donors (Lipinski definition) is 2. The molecule has 1 amide bonds. The van der Waals surface area contributed by atoms with Crippen LogP contribution in [0.2, 0.25) is 0 Å². The summed E-state index contributed by atoms with van der Waals surface area (Å²) in [5.41, 5.74) is 2.01. The van der Waals surface area contributed by atoms with Crippen LogP contribution in [-0.4, -0.2) is 39.6 Å². The van der Waals surface area contributed by atoms with Crippen LogP contribution in [0, 0.1) is 0 Å². The number of imidazole rings is 1. The lowest BCUT2D eigenvalue weighted by Crippen LogP contribution is -2.16. The fraction of sp³-hybridized carbons (Fsp3) is 0.429. The summed E-state index contributed by atoms with van der Waals surface area (Å²) in [6, 6.07) is 0.146. The molecule has 0 fully saturated rings. The minimum Gasteiger partial charge on any atom is -0.480 e. The van der Waals surface area contributed by atoms with E-state index in [4.69, 9.17) is 4.74 Å². The molecule has 3 heterocycles. The van der Waals surface area contributed by atoms with Gasteiger partial charge in [0.2, 0.25) is 11.8 Å².